The zero-order chi connectivity index (χ0) is 28.0. The van der Waals surface area contributed by atoms with Crippen LogP contribution in [0.2, 0.25) is 0 Å². The van der Waals surface area contributed by atoms with E-state index in [1.54, 1.807) is 0 Å². The molecule has 0 atom stereocenters. The van der Waals surface area contributed by atoms with Crippen molar-refractivity contribution >= 4 is 0 Å². The Hall–Kier alpha value is -1.38. The quantitative estimate of drug-likeness (QED) is 0.142. The second kappa shape index (κ2) is 27.8. The van der Waals surface area contributed by atoms with E-state index in [0.29, 0.717) is 125 Å². The summed E-state index contributed by atoms with van der Waals surface area (Å²) in [6.45, 7) is 11.9. The van der Waals surface area contributed by atoms with Crippen LogP contribution in [0.25, 0.3) is 0 Å². The predicted molar refractivity (Wildman–Crippen MR) is 150 cm³/mol. The summed E-state index contributed by atoms with van der Waals surface area (Å²) in [5.41, 5.74) is 0. The fourth-order valence-corrected chi connectivity index (χ4v) is 3.61. The fourth-order valence-electron chi connectivity index (χ4n) is 3.61. The molecule has 11 nitrogen and oxygen atoms in total. The lowest BCUT2D eigenvalue weighted by atomic mass is 10.1. The molecule has 1 fully saturated rings. The van der Waals surface area contributed by atoms with Gasteiger partial charge in [0.25, 0.3) is 0 Å². The minimum atomic E-state index is 0.376. The topological polar surface area (TPSA) is 104 Å². The largest absolute Gasteiger partial charge is 0.491 e. The summed E-state index contributed by atoms with van der Waals surface area (Å²) in [5, 5.41) is 3.33. The third-order valence-electron chi connectivity index (χ3n) is 5.71. The smallest absolute Gasteiger partial charge is 0.119 e. The van der Waals surface area contributed by atoms with Crippen LogP contribution in [0.1, 0.15) is 12.8 Å². The Labute approximate surface area is 240 Å². The van der Waals surface area contributed by atoms with E-state index in [9.17, 15) is 0 Å². The summed E-state index contributed by atoms with van der Waals surface area (Å²) < 4.78 is 55.2. The Morgan fingerprint density at radius 1 is 0.450 bits per heavy atom. The molecule has 1 saturated heterocycles. The summed E-state index contributed by atoms with van der Waals surface area (Å²) in [7, 11) is 0. The molecule has 40 heavy (non-hydrogen) atoms. The van der Waals surface area contributed by atoms with Crippen LogP contribution >= 0.6 is 0 Å². The molecule has 1 heterocycles. The van der Waals surface area contributed by atoms with Gasteiger partial charge in [0.1, 0.15) is 12.4 Å². The van der Waals surface area contributed by atoms with E-state index in [4.69, 9.17) is 47.4 Å². The van der Waals surface area contributed by atoms with E-state index in [-0.39, 0.29) is 0 Å². The molecule has 1 aromatic carbocycles. The zero-order valence-corrected chi connectivity index (χ0v) is 24.1. The molecule has 1 aliphatic heterocycles. The molecule has 1 N–H and O–H groups in total. The molecule has 1 aliphatic rings. The Kier molecular flexibility index (Phi) is 24.2. The number of piperidine rings is 1. The molecule has 232 valence electrons. The predicted octanol–water partition coefficient (Wildman–Crippen LogP) is 1.97. The van der Waals surface area contributed by atoms with Gasteiger partial charge in [-0.25, -0.2) is 0 Å². The van der Waals surface area contributed by atoms with Crippen molar-refractivity contribution in [3.8, 4) is 5.75 Å². The lowest BCUT2D eigenvalue weighted by Crippen LogP contribution is -2.33. The van der Waals surface area contributed by atoms with Gasteiger partial charge in [-0.05, 0) is 38.1 Å². The third-order valence-corrected chi connectivity index (χ3v) is 5.71. The second-order valence-electron chi connectivity index (χ2n) is 8.88. The SMILES string of the molecule is c1ccc(OCCOCCOCCOCCOCCOCCOCCOCCOCCOC2CCNCC2)cc1. The van der Waals surface area contributed by atoms with Crippen LogP contribution in [0.4, 0.5) is 0 Å². The molecule has 0 bridgehead atoms. The summed E-state index contributed by atoms with van der Waals surface area (Å²) in [6, 6.07) is 9.69. The zero-order valence-electron chi connectivity index (χ0n) is 24.1. The van der Waals surface area contributed by atoms with Gasteiger partial charge in [-0.15, -0.1) is 0 Å². The first-order valence-corrected chi connectivity index (χ1v) is 14.6. The van der Waals surface area contributed by atoms with Gasteiger partial charge in [-0.3, -0.25) is 0 Å². The molecule has 2 rings (SSSR count). The van der Waals surface area contributed by atoms with Gasteiger partial charge in [0.2, 0.25) is 0 Å². The van der Waals surface area contributed by atoms with Crippen LogP contribution in [0.5, 0.6) is 5.75 Å². The van der Waals surface area contributed by atoms with Crippen molar-refractivity contribution in [3.63, 3.8) is 0 Å². The van der Waals surface area contributed by atoms with E-state index < -0.39 is 0 Å². The summed E-state index contributed by atoms with van der Waals surface area (Å²) in [5.74, 6) is 0.848. The maximum atomic E-state index is 5.79. The Morgan fingerprint density at radius 2 is 0.800 bits per heavy atom. The average molecular weight is 574 g/mol. The maximum absolute atomic E-state index is 5.79. The van der Waals surface area contributed by atoms with Crippen molar-refractivity contribution in [2.45, 2.75) is 18.9 Å². The van der Waals surface area contributed by atoms with Gasteiger partial charge in [0, 0.05) is 0 Å². The Bertz CT molecular complexity index is 637. The number of hydrogen-bond acceptors (Lipinski definition) is 11. The van der Waals surface area contributed by atoms with E-state index in [1.165, 1.54) is 0 Å². The van der Waals surface area contributed by atoms with Crippen molar-refractivity contribution in [2.75, 3.05) is 132 Å². The lowest BCUT2D eigenvalue weighted by molar-refractivity contribution is -0.0319. The summed E-state index contributed by atoms with van der Waals surface area (Å²) >= 11 is 0. The van der Waals surface area contributed by atoms with E-state index >= 15 is 0 Å². The van der Waals surface area contributed by atoms with Crippen molar-refractivity contribution in [2.24, 2.45) is 0 Å². The molecular formula is C29H51NO10. The summed E-state index contributed by atoms with van der Waals surface area (Å²) in [4.78, 5) is 0. The van der Waals surface area contributed by atoms with Gasteiger partial charge in [0.05, 0.1) is 118 Å². The summed E-state index contributed by atoms with van der Waals surface area (Å²) in [6.07, 6.45) is 2.54. The number of rotatable bonds is 29. The lowest BCUT2D eigenvalue weighted by Gasteiger charge is -2.22. The molecule has 0 saturated carbocycles. The number of nitrogens with one attached hydrogen (secondary N) is 1. The van der Waals surface area contributed by atoms with Gasteiger partial charge in [-0.2, -0.15) is 0 Å². The molecule has 0 aliphatic carbocycles. The highest BCUT2D eigenvalue weighted by Gasteiger charge is 2.12. The second-order valence-corrected chi connectivity index (χ2v) is 8.88. The van der Waals surface area contributed by atoms with Crippen LogP contribution < -0.4 is 10.1 Å². The van der Waals surface area contributed by atoms with Gasteiger partial charge in [0.15, 0.2) is 0 Å². The normalized spacial score (nSPS) is 14.1. The first kappa shape index (κ1) is 34.8. The number of para-hydroxylation sites is 1. The van der Waals surface area contributed by atoms with E-state index in [2.05, 4.69) is 5.32 Å². The number of ether oxygens (including phenoxy) is 10. The number of hydrogen-bond donors (Lipinski definition) is 1. The van der Waals surface area contributed by atoms with Crippen molar-refractivity contribution < 1.29 is 47.4 Å². The van der Waals surface area contributed by atoms with Crippen molar-refractivity contribution in [1.82, 2.24) is 5.32 Å². The molecular weight excluding hydrogens is 522 g/mol. The van der Waals surface area contributed by atoms with Crippen LogP contribution in [0, 0.1) is 0 Å². The molecule has 0 aromatic heterocycles. The fraction of sp³-hybridized carbons (Fsp3) is 0.793. The molecule has 0 spiro atoms. The maximum Gasteiger partial charge on any atom is 0.119 e. The highest BCUT2D eigenvalue weighted by atomic mass is 16.6. The average Bonchev–Trinajstić information content (AvgIpc) is 2.99. The van der Waals surface area contributed by atoms with Crippen LogP contribution in [-0.4, -0.2) is 138 Å². The molecule has 0 amide bonds. The minimum Gasteiger partial charge on any atom is -0.491 e. The highest BCUT2D eigenvalue weighted by Crippen LogP contribution is 2.08. The van der Waals surface area contributed by atoms with E-state index in [1.807, 2.05) is 30.3 Å². The molecule has 11 heteroatoms. The molecule has 0 radical (unpaired) electrons. The number of benzene rings is 1. The standard InChI is InChI=1S/C29H51NO10/c1-2-4-28(5-3-1)39-26-24-37-22-20-35-18-16-33-14-12-31-10-11-32-13-15-34-17-19-36-21-23-38-25-27-40-29-6-8-30-9-7-29/h1-5,29-30H,6-27H2. The van der Waals surface area contributed by atoms with E-state index in [0.717, 1.165) is 31.7 Å². The minimum absolute atomic E-state index is 0.376. The van der Waals surface area contributed by atoms with Crippen LogP contribution in [-0.2, 0) is 42.6 Å². The van der Waals surface area contributed by atoms with Crippen molar-refractivity contribution in [1.29, 1.82) is 0 Å². The monoisotopic (exact) mass is 573 g/mol. The van der Waals surface area contributed by atoms with Crippen molar-refractivity contribution in [3.05, 3.63) is 30.3 Å². The first-order chi connectivity index (χ1) is 19.9. The van der Waals surface area contributed by atoms with Gasteiger partial charge in [-0.1, -0.05) is 18.2 Å². The van der Waals surface area contributed by atoms with Crippen LogP contribution in [0.15, 0.2) is 30.3 Å². The first-order valence-electron chi connectivity index (χ1n) is 14.6. The third kappa shape index (κ3) is 22.3. The Balaban J connectivity index is 1.14. The van der Waals surface area contributed by atoms with Gasteiger partial charge < -0.3 is 52.7 Å². The molecule has 0 unspecified atom stereocenters. The molecule has 1 aromatic rings. The van der Waals surface area contributed by atoms with Crippen LogP contribution in [0.3, 0.4) is 0 Å². The Morgan fingerprint density at radius 3 is 1.20 bits per heavy atom. The highest BCUT2D eigenvalue weighted by molar-refractivity contribution is 5.20. The van der Waals surface area contributed by atoms with Gasteiger partial charge >= 0.3 is 0 Å².